The van der Waals surface area contributed by atoms with E-state index in [1.807, 2.05) is 6.92 Å². The quantitative estimate of drug-likeness (QED) is 0.860. The van der Waals surface area contributed by atoms with E-state index in [0.717, 1.165) is 19.2 Å². The van der Waals surface area contributed by atoms with Crippen molar-refractivity contribution in [1.82, 2.24) is 10.2 Å². The first-order chi connectivity index (χ1) is 10.1. The fourth-order valence-electron chi connectivity index (χ4n) is 2.98. The summed E-state index contributed by atoms with van der Waals surface area (Å²) in [6.45, 7) is 8.36. The molecule has 4 heteroatoms. The number of hydrogen-bond donors (Lipinski definition) is 1. The molecule has 2 rings (SSSR count). The molecule has 1 saturated heterocycles. The molecule has 0 amide bonds. The molecular weight excluding hydrogens is 270 g/mol. The number of piperidine rings is 1. The van der Waals surface area contributed by atoms with E-state index in [1.54, 1.807) is 0 Å². The molecule has 1 heterocycles. The van der Waals surface area contributed by atoms with Crippen LogP contribution in [0.4, 0.5) is 8.78 Å². The number of nitrogens with one attached hydrogen (secondary N) is 1. The molecule has 0 spiro atoms. The molecule has 0 bridgehead atoms. The Hall–Kier alpha value is -1.00. The van der Waals surface area contributed by atoms with Crippen LogP contribution >= 0.6 is 0 Å². The largest absolute Gasteiger partial charge is 0.310 e. The van der Waals surface area contributed by atoms with Crippen molar-refractivity contribution in [3.63, 3.8) is 0 Å². The van der Waals surface area contributed by atoms with Crippen molar-refractivity contribution in [3.8, 4) is 0 Å². The maximum atomic E-state index is 13.7. The topological polar surface area (TPSA) is 15.3 Å². The van der Waals surface area contributed by atoms with Crippen molar-refractivity contribution in [2.45, 2.75) is 39.2 Å². The molecule has 1 fully saturated rings. The van der Waals surface area contributed by atoms with Gasteiger partial charge in [0.1, 0.15) is 11.6 Å². The highest BCUT2D eigenvalue weighted by atomic mass is 19.1. The summed E-state index contributed by atoms with van der Waals surface area (Å²) in [5.74, 6) is -0.233. The van der Waals surface area contributed by atoms with Crippen molar-refractivity contribution in [3.05, 3.63) is 35.4 Å². The Kier molecular flexibility index (Phi) is 6.12. The third-order valence-electron chi connectivity index (χ3n) is 4.22. The van der Waals surface area contributed by atoms with Gasteiger partial charge in [0.25, 0.3) is 0 Å². The highest BCUT2D eigenvalue weighted by Gasteiger charge is 2.16. The predicted molar refractivity (Wildman–Crippen MR) is 82.2 cm³/mol. The Morgan fingerprint density at radius 1 is 1.14 bits per heavy atom. The minimum Gasteiger partial charge on any atom is -0.310 e. The molecule has 1 N–H and O–H groups in total. The van der Waals surface area contributed by atoms with Gasteiger partial charge in [-0.25, -0.2) is 8.78 Å². The summed E-state index contributed by atoms with van der Waals surface area (Å²) in [7, 11) is 0. The van der Waals surface area contributed by atoms with Gasteiger partial charge in [-0.2, -0.15) is 0 Å². The lowest BCUT2D eigenvalue weighted by Crippen LogP contribution is -2.37. The molecule has 0 aromatic heterocycles. The first-order valence-electron chi connectivity index (χ1n) is 7.97. The van der Waals surface area contributed by atoms with E-state index in [4.69, 9.17) is 0 Å². The Morgan fingerprint density at radius 3 is 2.57 bits per heavy atom. The van der Waals surface area contributed by atoms with Crippen LogP contribution in [0.3, 0.4) is 0 Å². The third kappa shape index (κ3) is 5.04. The monoisotopic (exact) mass is 296 g/mol. The summed E-state index contributed by atoms with van der Waals surface area (Å²) in [5, 5.41) is 3.32. The molecule has 2 nitrogen and oxygen atoms in total. The van der Waals surface area contributed by atoms with Gasteiger partial charge >= 0.3 is 0 Å². The zero-order valence-electron chi connectivity index (χ0n) is 13.0. The van der Waals surface area contributed by atoms with E-state index in [2.05, 4.69) is 17.1 Å². The molecule has 21 heavy (non-hydrogen) atoms. The van der Waals surface area contributed by atoms with E-state index in [-0.39, 0.29) is 17.7 Å². The van der Waals surface area contributed by atoms with Gasteiger partial charge in [0.2, 0.25) is 0 Å². The van der Waals surface area contributed by atoms with Gasteiger partial charge < -0.3 is 10.2 Å². The van der Waals surface area contributed by atoms with Crippen molar-refractivity contribution in [2.24, 2.45) is 5.92 Å². The molecule has 0 aliphatic carbocycles. The number of nitrogens with zero attached hydrogens (tertiary/aromatic N) is 1. The number of benzene rings is 1. The van der Waals surface area contributed by atoms with Crippen LogP contribution in [-0.4, -0.2) is 31.1 Å². The maximum Gasteiger partial charge on any atom is 0.128 e. The minimum atomic E-state index is -0.388. The molecule has 1 aliphatic heterocycles. The zero-order chi connectivity index (χ0) is 15.2. The highest BCUT2D eigenvalue weighted by molar-refractivity contribution is 5.21. The molecule has 2 unspecified atom stereocenters. The molecule has 1 aliphatic rings. The second kappa shape index (κ2) is 7.85. The van der Waals surface area contributed by atoms with Gasteiger partial charge in [0, 0.05) is 18.2 Å². The summed E-state index contributed by atoms with van der Waals surface area (Å²) in [5.41, 5.74) is 0.403. The van der Waals surface area contributed by atoms with Crippen molar-refractivity contribution >= 4 is 0 Å². The lowest BCUT2D eigenvalue weighted by Gasteiger charge is -2.29. The van der Waals surface area contributed by atoms with Crippen molar-refractivity contribution in [2.75, 3.05) is 26.2 Å². The van der Waals surface area contributed by atoms with Gasteiger partial charge in [-0.3, -0.25) is 0 Å². The average Bonchev–Trinajstić information content (AvgIpc) is 2.48. The van der Waals surface area contributed by atoms with Gasteiger partial charge in [0.15, 0.2) is 0 Å². The predicted octanol–water partition coefficient (Wildman–Crippen LogP) is 3.74. The Balaban J connectivity index is 1.79. The molecule has 118 valence electrons. The zero-order valence-corrected chi connectivity index (χ0v) is 13.0. The van der Waals surface area contributed by atoms with Crippen LogP contribution in [-0.2, 0) is 0 Å². The Bertz CT molecular complexity index is 444. The molecule has 0 saturated carbocycles. The van der Waals surface area contributed by atoms with E-state index in [9.17, 15) is 8.78 Å². The molecule has 1 aromatic carbocycles. The number of halogens is 2. The summed E-state index contributed by atoms with van der Waals surface area (Å²) < 4.78 is 26.9. The fourth-order valence-corrected chi connectivity index (χ4v) is 2.98. The first kappa shape index (κ1) is 16.4. The fraction of sp³-hybridized carbons (Fsp3) is 0.647. The van der Waals surface area contributed by atoms with Crippen LogP contribution in [0.25, 0.3) is 0 Å². The summed E-state index contributed by atoms with van der Waals surface area (Å²) in [6.07, 6.45) is 3.94. The van der Waals surface area contributed by atoms with Crippen LogP contribution in [0.5, 0.6) is 0 Å². The SMILES string of the molecule is CC(CNC(C)c1cc(F)ccc1F)CN1CCCCC1. The van der Waals surface area contributed by atoms with E-state index >= 15 is 0 Å². The van der Waals surface area contributed by atoms with Crippen molar-refractivity contribution < 1.29 is 8.78 Å². The number of hydrogen-bond acceptors (Lipinski definition) is 2. The third-order valence-corrected chi connectivity index (χ3v) is 4.22. The number of rotatable bonds is 6. The lowest BCUT2D eigenvalue weighted by molar-refractivity contribution is 0.197. The van der Waals surface area contributed by atoms with Gasteiger partial charge in [-0.1, -0.05) is 13.3 Å². The normalized spacial score (nSPS) is 19.4. The molecular formula is C17H26F2N2. The second-order valence-corrected chi connectivity index (χ2v) is 6.26. The maximum absolute atomic E-state index is 13.7. The van der Waals surface area contributed by atoms with Crippen molar-refractivity contribution in [1.29, 1.82) is 0 Å². The van der Waals surface area contributed by atoms with Crippen LogP contribution in [0, 0.1) is 17.6 Å². The van der Waals surface area contributed by atoms with Gasteiger partial charge in [0.05, 0.1) is 0 Å². The average molecular weight is 296 g/mol. The first-order valence-corrected chi connectivity index (χ1v) is 7.97. The Morgan fingerprint density at radius 2 is 1.86 bits per heavy atom. The Labute approximate surface area is 126 Å². The standard InChI is InChI=1S/C17H26F2N2/c1-13(12-21-8-4-3-5-9-21)11-20-14(2)16-10-15(18)6-7-17(16)19/h6-7,10,13-14,20H,3-5,8-9,11-12H2,1-2H3. The summed E-state index contributed by atoms with van der Waals surface area (Å²) >= 11 is 0. The van der Waals surface area contributed by atoms with E-state index in [0.29, 0.717) is 11.5 Å². The lowest BCUT2D eigenvalue weighted by atomic mass is 10.0. The van der Waals surface area contributed by atoms with Crippen LogP contribution in [0.1, 0.15) is 44.7 Å². The summed E-state index contributed by atoms with van der Waals surface area (Å²) in [4.78, 5) is 2.50. The highest BCUT2D eigenvalue weighted by Crippen LogP contribution is 2.18. The second-order valence-electron chi connectivity index (χ2n) is 6.26. The molecule has 1 aromatic rings. The van der Waals surface area contributed by atoms with Crippen LogP contribution in [0.15, 0.2) is 18.2 Å². The molecule has 2 atom stereocenters. The van der Waals surface area contributed by atoms with Crippen LogP contribution in [0.2, 0.25) is 0 Å². The smallest absolute Gasteiger partial charge is 0.128 e. The minimum absolute atomic E-state index is 0.176. The summed E-state index contributed by atoms with van der Waals surface area (Å²) in [6, 6.07) is 3.46. The molecule has 0 radical (unpaired) electrons. The van der Waals surface area contributed by atoms with Gasteiger partial charge in [-0.15, -0.1) is 0 Å². The number of likely N-dealkylation sites (tertiary alicyclic amines) is 1. The van der Waals surface area contributed by atoms with E-state index in [1.165, 1.54) is 44.5 Å². The van der Waals surface area contributed by atoms with Crippen LogP contribution < -0.4 is 5.32 Å². The van der Waals surface area contributed by atoms with Gasteiger partial charge in [-0.05, 0) is 63.5 Å². The van der Waals surface area contributed by atoms with E-state index < -0.39 is 0 Å².